The molecule has 0 bridgehead atoms. The third-order valence-electron chi connectivity index (χ3n) is 5.07. The van der Waals surface area contributed by atoms with E-state index in [9.17, 15) is 9.59 Å². The predicted molar refractivity (Wildman–Crippen MR) is 106 cm³/mol. The number of nitrogens with one attached hydrogen (secondary N) is 1. The second-order valence-electron chi connectivity index (χ2n) is 7.02. The summed E-state index contributed by atoms with van der Waals surface area (Å²) in [5.74, 6) is -0.266. The monoisotopic (exact) mass is 384 g/mol. The van der Waals surface area contributed by atoms with Crippen LogP contribution in [0.3, 0.4) is 0 Å². The summed E-state index contributed by atoms with van der Waals surface area (Å²) in [6.07, 6.45) is 8.47. The molecule has 0 aliphatic heterocycles. The standard InChI is InChI=1S/C20H21ClN4O2/c1-13-7-8-14(21)11-17(13)22-18(26)12-24-9-10-25-19(20(24)27)15-5-3-2-4-6-16(15)23-25/h7-11H,2-6,12H2,1H3,(H,22,26). The summed E-state index contributed by atoms with van der Waals surface area (Å²) in [6.45, 7) is 1.84. The van der Waals surface area contributed by atoms with Gasteiger partial charge in [0.2, 0.25) is 5.91 Å². The van der Waals surface area contributed by atoms with Crippen LogP contribution in [0.5, 0.6) is 0 Å². The molecule has 2 heterocycles. The Kier molecular flexibility index (Phi) is 4.74. The average Bonchev–Trinajstić information content (AvgIpc) is 2.83. The van der Waals surface area contributed by atoms with Crippen LogP contribution in [0.1, 0.15) is 36.1 Å². The van der Waals surface area contributed by atoms with Crippen molar-refractivity contribution in [2.75, 3.05) is 5.32 Å². The molecule has 1 aliphatic rings. The van der Waals surface area contributed by atoms with Crippen molar-refractivity contribution in [3.8, 4) is 0 Å². The van der Waals surface area contributed by atoms with E-state index >= 15 is 0 Å². The highest BCUT2D eigenvalue weighted by atomic mass is 35.5. The number of aromatic nitrogens is 3. The fourth-order valence-corrected chi connectivity index (χ4v) is 3.80. The summed E-state index contributed by atoms with van der Waals surface area (Å²) >= 11 is 6.00. The number of carbonyl (C=O) groups is 1. The highest BCUT2D eigenvalue weighted by molar-refractivity contribution is 6.31. The van der Waals surface area contributed by atoms with Gasteiger partial charge in [-0.25, -0.2) is 4.52 Å². The van der Waals surface area contributed by atoms with Crippen molar-refractivity contribution in [2.24, 2.45) is 0 Å². The number of halogens is 1. The zero-order valence-corrected chi connectivity index (χ0v) is 15.9. The Morgan fingerprint density at radius 2 is 2.04 bits per heavy atom. The van der Waals surface area contributed by atoms with Gasteiger partial charge in [-0.3, -0.25) is 9.59 Å². The van der Waals surface area contributed by atoms with Gasteiger partial charge < -0.3 is 9.88 Å². The van der Waals surface area contributed by atoms with Crippen molar-refractivity contribution in [1.82, 2.24) is 14.2 Å². The summed E-state index contributed by atoms with van der Waals surface area (Å²) in [5, 5.41) is 7.96. The molecule has 0 radical (unpaired) electrons. The van der Waals surface area contributed by atoms with Gasteiger partial charge in [0.25, 0.3) is 5.56 Å². The first kappa shape index (κ1) is 17.8. The molecule has 0 atom stereocenters. The summed E-state index contributed by atoms with van der Waals surface area (Å²) in [7, 11) is 0. The molecule has 3 aromatic rings. The average molecular weight is 385 g/mol. The van der Waals surface area contributed by atoms with E-state index in [-0.39, 0.29) is 18.0 Å². The van der Waals surface area contributed by atoms with Crippen molar-refractivity contribution < 1.29 is 4.79 Å². The Morgan fingerprint density at radius 1 is 1.22 bits per heavy atom. The van der Waals surface area contributed by atoms with Crippen LogP contribution in [0.2, 0.25) is 5.02 Å². The maximum absolute atomic E-state index is 13.0. The number of hydrogen-bond donors (Lipinski definition) is 1. The Morgan fingerprint density at radius 3 is 2.89 bits per heavy atom. The summed E-state index contributed by atoms with van der Waals surface area (Å²) in [4.78, 5) is 25.5. The lowest BCUT2D eigenvalue weighted by molar-refractivity contribution is -0.116. The Balaban J connectivity index is 1.63. The van der Waals surface area contributed by atoms with Crippen LogP contribution in [-0.2, 0) is 24.2 Å². The van der Waals surface area contributed by atoms with E-state index in [2.05, 4.69) is 10.4 Å². The fraction of sp³-hybridized carbons (Fsp3) is 0.350. The molecular formula is C20H21ClN4O2. The lowest BCUT2D eigenvalue weighted by atomic mass is 10.1. The third kappa shape index (κ3) is 3.49. The van der Waals surface area contributed by atoms with Crippen LogP contribution in [0.4, 0.5) is 5.69 Å². The molecule has 140 valence electrons. The summed E-state index contributed by atoms with van der Waals surface area (Å²) in [5.41, 5.74) is 4.04. The number of nitrogens with zero attached hydrogens (tertiary/aromatic N) is 3. The van der Waals surface area contributed by atoms with E-state index in [0.29, 0.717) is 16.2 Å². The zero-order valence-electron chi connectivity index (χ0n) is 15.2. The molecule has 0 spiro atoms. The lowest BCUT2D eigenvalue weighted by Crippen LogP contribution is -2.28. The minimum atomic E-state index is -0.266. The van der Waals surface area contributed by atoms with Gasteiger partial charge in [-0.2, -0.15) is 5.10 Å². The van der Waals surface area contributed by atoms with E-state index in [1.165, 1.54) is 4.57 Å². The van der Waals surface area contributed by atoms with Crippen molar-refractivity contribution in [1.29, 1.82) is 0 Å². The second kappa shape index (κ2) is 7.19. The number of anilines is 1. The quantitative estimate of drug-likeness (QED) is 0.704. The first-order valence-electron chi connectivity index (χ1n) is 9.18. The molecule has 4 rings (SSSR count). The van der Waals surface area contributed by atoms with Crippen LogP contribution in [0, 0.1) is 6.92 Å². The number of carbonyl (C=O) groups excluding carboxylic acids is 1. The van der Waals surface area contributed by atoms with Gasteiger partial charge in [0.1, 0.15) is 12.1 Å². The minimum Gasteiger partial charge on any atom is -0.324 e. The summed E-state index contributed by atoms with van der Waals surface area (Å²) in [6, 6.07) is 5.33. The maximum atomic E-state index is 13.0. The van der Waals surface area contributed by atoms with E-state index in [4.69, 9.17) is 11.6 Å². The normalized spacial score (nSPS) is 14.0. The predicted octanol–water partition coefficient (Wildman–Crippen LogP) is 3.37. The highest BCUT2D eigenvalue weighted by Crippen LogP contribution is 2.22. The van der Waals surface area contributed by atoms with Gasteiger partial charge in [0, 0.05) is 28.7 Å². The van der Waals surface area contributed by atoms with Gasteiger partial charge in [-0.15, -0.1) is 0 Å². The minimum absolute atomic E-state index is 0.0543. The molecule has 1 aromatic carbocycles. The third-order valence-corrected chi connectivity index (χ3v) is 5.31. The largest absolute Gasteiger partial charge is 0.324 e. The summed E-state index contributed by atoms with van der Waals surface area (Å²) < 4.78 is 3.10. The van der Waals surface area contributed by atoms with E-state index in [1.807, 2.05) is 13.0 Å². The van der Waals surface area contributed by atoms with Crippen LogP contribution in [0.15, 0.2) is 35.4 Å². The number of amides is 1. The molecule has 7 heteroatoms. The SMILES string of the molecule is Cc1ccc(Cl)cc1NC(=O)Cn1ccn2nc3c(c2c1=O)CCCCC3. The van der Waals surface area contributed by atoms with Gasteiger partial charge in [-0.1, -0.05) is 24.1 Å². The van der Waals surface area contributed by atoms with E-state index in [1.54, 1.807) is 29.0 Å². The zero-order chi connectivity index (χ0) is 19.0. The molecule has 6 nitrogen and oxygen atoms in total. The van der Waals surface area contributed by atoms with E-state index in [0.717, 1.165) is 48.9 Å². The molecule has 1 N–H and O–H groups in total. The number of fused-ring (bicyclic) bond motifs is 3. The van der Waals surface area contributed by atoms with Crippen LogP contribution < -0.4 is 10.9 Å². The lowest BCUT2D eigenvalue weighted by Gasteiger charge is -2.10. The van der Waals surface area contributed by atoms with Gasteiger partial charge in [0.15, 0.2) is 0 Å². The Hall–Kier alpha value is -2.60. The van der Waals surface area contributed by atoms with Gasteiger partial charge in [-0.05, 0) is 50.3 Å². The second-order valence-corrected chi connectivity index (χ2v) is 7.45. The smallest absolute Gasteiger partial charge is 0.277 e. The molecule has 0 saturated heterocycles. The van der Waals surface area contributed by atoms with Crippen molar-refractivity contribution >= 4 is 28.7 Å². The first-order valence-corrected chi connectivity index (χ1v) is 9.56. The molecule has 1 aliphatic carbocycles. The fourth-order valence-electron chi connectivity index (χ4n) is 3.63. The molecule has 0 fully saturated rings. The van der Waals surface area contributed by atoms with Crippen molar-refractivity contribution in [3.05, 3.63) is 62.8 Å². The van der Waals surface area contributed by atoms with Crippen LogP contribution in [0.25, 0.3) is 5.52 Å². The topological polar surface area (TPSA) is 68.4 Å². The molecule has 2 aromatic heterocycles. The van der Waals surface area contributed by atoms with Crippen LogP contribution >= 0.6 is 11.6 Å². The van der Waals surface area contributed by atoms with E-state index < -0.39 is 0 Å². The number of aryl methyl sites for hydroxylation is 3. The number of benzene rings is 1. The van der Waals surface area contributed by atoms with Crippen molar-refractivity contribution in [3.63, 3.8) is 0 Å². The molecule has 27 heavy (non-hydrogen) atoms. The van der Waals surface area contributed by atoms with Gasteiger partial charge in [0.05, 0.1) is 5.69 Å². The first-order chi connectivity index (χ1) is 13.0. The number of hydrogen-bond acceptors (Lipinski definition) is 3. The molecule has 0 unspecified atom stereocenters. The number of rotatable bonds is 3. The Labute approximate surface area is 161 Å². The Bertz CT molecular complexity index is 1080. The maximum Gasteiger partial charge on any atom is 0.277 e. The van der Waals surface area contributed by atoms with Gasteiger partial charge >= 0.3 is 0 Å². The highest BCUT2D eigenvalue weighted by Gasteiger charge is 2.19. The van der Waals surface area contributed by atoms with Crippen LogP contribution in [-0.4, -0.2) is 20.1 Å². The van der Waals surface area contributed by atoms with Crippen molar-refractivity contribution in [2.45, 2.75) is 45.6 Å². The molecule has 0 saturated carbocycles. The molecular weight excluding hydrogens is 364 g/mol. The molecule has 1 amide bonds.